The molecule has 0 saturated carbocycles. The van der Waals surface area contributed by atoms with Gasteiger partial charge in [0.05, 0.1) is 0 Å². The Bertz CT molecular complexity index is 86.1. The van der Waals surface area contributed by atoms with Gasteiger partial charge >= 0.3 is 5.97 Å². The van der Waals surface area contributed by atoms with E-state index in [-0.39, 0.29) is 5.25 Å². The standard InChI is InChI=1S/C4H9NO2S/c1-3(4(6)7)8-2-5/h3H,2,5H2,1H3,(H,6,7). The fraction of sp³-hybridized carbons (Fsp3) is 0.750. The van der Waals surface area contributed by atoms with E-state index >= 15 is 0 Å². The van der Waals surface area contributed by atoms with Crippen LogP contribution in [0.15, 0.2) is 0 Å². The van der Waals surface area contributed by atoms with Crippen LogP contribution in [-0.4, -0.2) is 22.2 Å². The van der Waals surface area contributed by atoms with Gasteiger partial charge in [-0.3, -0.25) is 4.79 Å². The molecule has 0 amide bonds. The van der Waals surface area contributed by atoms with Crippen LogP contribution in [0.5, 0.6) is 0 Å². The molecule has 0 heterocycles. The predicted octanol–water partition coefficient (Wildman–Crippen LogP) is 0.109. The van der Waals surface area contributed by atoms with Gasteiger partial charge < -0.3 is 10.8 Å². The third-order valence-corrected chi connectivity index (χ3v) is 1.59. The third-order valence-electron chi connectivity index (χ3n) is 0.694. The lowest BCUT2D eigenvalue weighted by Gasteiger charge is -2.00. The van der Waals surface area contributed by atoms with E-state index in [1.807, 2.05) is 0 Å². The van der Waals surface area contributed by atoms with E-state index in [1.165, 1.54) is 11.8 Å². The van der Waals surface area contributed by atoms with Crippen LogP contribution in [0.2, 0.25) is 0 Å². The average Bonchev–Trinajstić information content (AvgIpc) is 1.67. The number of carbonyl (C=O) groups is 1. The van der Waals surface area contributed by atoms with Crippen LogP contribution in [0.3, 0.4) is 0 Å². The Kier molecular flexibility index (Phi) is 3.64. The normalized spacial score (nSPS) is 13.2. The highest BCUT2D eigenvalue weighted by Gasteiger charge is 2.08. The lowest BCUT2D eigenvalue weighted by atomic mass is 10.5. The topological polar surface area (TPSA) is 63.3 Å². The fourth-order valence-corrected chi connectivity index (χ4v) is 0.647. The largest absolute Gasteiger partial charge is 0.480 e. The quantitative estimate of drug-likeness (QED) is 0.539. The van der Waals surface area contributed by atoms with Gasteiger partial charge in [-0.05, 0) is 6.92 Å². The summed E-state index contributed by atoms with van der Waals surface area (Å²) in [6.07, 6.45) is 0. The molecular formula is C4H9NO2S. The number of thioether (sulfide) groups is 1. The molecule has 1 atom stereocenters. The van der Waals surface area contributed by atoms with Crippen molar-refractivity contribution in [3.8, 4) is 0 Å². The Morgan fingerprint density at radius 1 is 2.00 bits per heavy atom. The molecule has 8 heavy (non-hydrogen) atoms. The first-order valence-electron chi connectivity index (χ1n) is 2.23. The van der Waals surface area contributed by atoms with Crippen LogP contribution in [-0.2, 0) is 4.79 Å². The highest BCUT2D eigenvalue weighted by atomic mass is 32.2. The van der Waals surface area contributed by atoms with Gasteiger partial charge in [0.2, 0.25) is 0 Å². The van der Waals surface area contributed by atoms with Crippen molar-refractivity contribution in [1.82, 2.24) is 0 Å². The summed E-state index contributed by atoms with van der Waals surface area (Å²) in [6, 6.07) is 0. The summed E-state index contributed by atoms with van der Waals surface area (Å²) in [5.41, 5.74) is 5.07. The van der Waals surface area contributed by atoms with Gasteiger partial charge in [0.1, 0.15) is 5.25 Å². The molecule has 0 aromatic heterocycles. The Balaban J connectivity index is 3.32. The van der Waals surface area contributed by atoms with E-state index < -0.39 is 5.97 Å². The zero-order chi connectivity index (χ0) is 6.57. The highest BCUT2D eigenvalue weighted by molar-refractivity contribution is 8.00. The van der Waals surface area contributed by atoms with Crippen molar-refractivity contribution in [1.29, 1.82) is 0 Å². The smallest absolute Gasteiger partial charge is 0.316 e. The number of hydrogen-bond donors (Lipinski definition) is 2. The summed E-state index contributed by atoms with van der Waals surface area (Å²) < 4.78 is 0. The van der Waals surface area contributed by atoms with Crippen LogP contribution in [0, 0.1) is 0 Å². The van der Waals surface area contributed by atoms with E-state index in [4.69, 9.17) is 10.8 Å². The Morgan fingerprint density at radius 2 is 2.50 bits per heavy atom. The van der Waals surface area contributed by atoms with Crippen molar-refractivity contribution in [3.05, 3.63) is 0 Å². The van der Waals surface area contributed by atoms with Gasteiger partial charge in [-0.2, -0.15) is 0 Å². The van der Waals surface area contributed by atoms with Gasteiger partial charge in [-0.15, -0.1) is 11.8 Å². The second-order valence-corrected chi connectivity index (χ2v) is 2.69. The molecule has 0 aliphatic heterocycles. The zero-order valence-electron chi connectivity index (χ0n) is 4.63. The Morgan fingerprint density at radius 3 is 2.62 bits per heavy atom. The minimum absolute atomic E-state index is 0.369. The third kappa shape index (κ3) is 2.87. The first-order valence-corrected chi connectivity index (χ1v) is 3.28. The van der Waals surface area contributed by atoms with Crippen molar-refractivity contribution in [3.63, 3.8) is 0 Å². The van der Waals surface area contributed by atoms with Crippen LogP contribution in [0.25, 0.3) is 0 Å². The molecule has 3 nitrogen and oxygen atoms in total. The van der Waals surface area contributed by atoms with Crippen LogP contribution < -0.4 is 5.73 Å². The molecule has 0 aromatic rings. The molecular weight excluding hydrogens is 126 g/mol. The van der Waals surface area contributed by atoms with Crippen molar-refractivity contribution in [2.45, 2.75) is 12.2 Å². The van der Waals surface area contributed by atoms with Crippen molar-refractivity contribution < 1.29 is 9.90 Å². The summed E-state index contributed by atoms with van der Waals surface area (Å²) in [5.74, 6) is -0.437. The Labute approximate surface area is 52.3 Å². The first-order chi connectivity index (χ1) is 3.68. The van der Waals surface area contributed by atoms with Crippen LogP contribution in [0.1, 0.15) is 6.92 Å². The number of hydrogen-bond acceptors (Lipinski definition) is 3. The number of aliphatic carboxylic acids is 1. The zero-order valence-corrected chi connectivity index (χ0v) is 5.44. The molecule has 0 radical (unpaired) electrons. The van der Waals surface area contributed by atoms with Gasteiger partial charge in [0.25, 0.3) is 0 Å². The van der Waals surface area contributed by atoms with Crippen LogP contribution in [0.4, 0.5) is 0 Å². The molecule has 48 valence electrons. The first kappa shape index (κ1) is 7.78. The summed E-state index contributed by atoms with van der Waals surface area (Å²) in [7, 11) is 0. The maximum Gasteiger partial charge on any atom is 0.316 e. The molecule has 0 aliphatic carbocycles. The lowest BCUT2D eigenvalue weighted by Crippen LogP contribution is -2.13. The number of carboxylic acids is 1. The molecule has 0 rings (SSSR count). The van der Waals surface area contributed by atoms with E-state index in [9.17, 15) is 4.79 Å². The molecule has 0 saturated heterocycles. The van der Waals surface area contributed by atoms with Crippen molar-refractivity contribution in [2.24, 2.45) is 5.73 Å². The number of nitrogens with two attached hydrogens (primary N) is 1. The second kappa shape index (κ2) is 3.74. The Hall–Kier alpha value is -0.220. The van der Waals surface area contributed by atoms with Crippen molar-refractivity contribution in [2.75, 3.05) is 5.88 Å². The molecule has 0 bridgehead atoms. The lowest BCUT2D eigenvalue weighted by molar-refractivity contribution is -0.136. The minimum atomic E-state index is -0.805. The van der Waals surface area contributed by atoms with E-state index in [0.29, 0.717) is 5.88 Å². The van der Waals surface area contributed by atoms with E-state index in [1.54, 1.807) is 6.92 Å². The molecule has 4 heteroatoms. The summed E-state index contributed by atoms with van der Waals surface area (Å²) in [6.45, 7) is 1.61. The minimum Gasteiger partial charge on any atom is -0.480 e. The highest BCUT2D eigenvalue weighted by Crippen LogP contribution is 2.05. The molecule has 1 unspecified atom stereocenters. The second-order valence-electron chi connectivity index (χ2n) is 1.31. The average molecular weight is 135 g/mol. The summed E-state index contributed by atoms with van der Waals surface area (Å²) in [4.78, 5) is 10.0. The maximum absolute atomic E-state index is 10.0. The van der Waals surface area contributed by atoms with Gasteiger partial charge in [-0.25, -0.2) is 0 Å². The van der Waals surface area contributed by atoms with Crippen molar-refractivity contribution >= 4 is 17.7 Å². The number of carboxylic acid groups (broad SMARTS) is 1. The van der Waals surface area contributed by atoms with Crippen LogP contribution >= 0.6 is 11.8 Å². The summed E-state index contributed by atoms with van der Waals surface area (Å²) >= 11 is 1.22. The van der Waals surface area contributed by atoms with Gasteiger partial charge in [0, 0.05) is 5.88 Å². The molecule has 3 N–H and O–H groups in total. The van der Waals surface area contributed by atoms with E-state index in [0.717, 1.165) is 0 Å². The molecule has 0 fully saturated rings. The predicted molar refractivity (Wildman–Crippen MR) is 33.7 cm³/mol. The molecule has 0 spiro atoms. The monoisotopic (exact) mass is 135 g/mol. The maximum atomic E-state index is 10.0. The van der Waals surface area contributed by atoms with Gasteiger partial charge in [0.15, 0.2) is 0 Å². The van der Waals surface area contributed by atoms with Gasteiger partial charge in [-0.1, -0.05) is 0 Å². The van der Waals surface area contributed by atoms with E-state index in [2.05, 4.69) is 0 Å². The SMILES string of the molecule is CC(SCN)C(=O)O. The molecule has 0 aliphatic rings. The summed E-state index contributed by atoms with van der Waals surface area (Å²) in [5, 5.41) is 7.86. The number of rotatable bonds is 3. The fourth-order valence-electron chi connectivity index (χ4n) is 0.216. The molecule has 0 aromatic carbocycles.